The van der Waals surface area contributed by atoms with Crippen molar-refractivity contribution in [2.45, 2.75) is 5.75 Å². The average molecular weight is 203 g/mol. The van der Waals surface area contributed by atoms with Gasteiger partial charge in [-0.05, 0) is 23.8 Å². The molecule has 0 radical (unpaired) electrons. The van der Waals surface area contributed by atoms with E-state index in [1.807, 2.05) is 0 Å². The molecule has 0 fully saturated rings. The van der Waals surface area contributed by atoms with Crippen LogP contribution in [0.15, 0.2) is 18.2 Å². The molecule has 0 aliphatic rings. The van der Waals surface area contributed by atoms with Crippen LogP contribution in [0.25, 0.3) is 0 Å². The zero-order valence-electron chi connectivity index (χ0n) is 7.12. The third kappa shape index (κ3) is 3.42. The van der Waals surface area contributed by atoms with Crippen LogP contribution in [0.1, 0.15) is 5.56 Å². The monoisotopic (exact) mass is 203 g/mol. The second-order valence-electron chi connectivity index (χ2n) is 2.96. The fourth-order valence-corrected chi connectivity index (χ4v) is 1.83. The van der Waals surface area contributed by atoms with Crippen LogP contribution >= 0.6 is 0 Å². The lowest BCUT2D eigenvalue weighted by Crippen LogP contribution is -2.01. The van der Waals surface area contributed by atoms with Gasteiger partial charge < -0.3 is 5.73 Å². The molecule has 0 bridgehead atoms. The second kappa shape index (κ2) is 3.33. The minimum Gasteiger partial charge on any atom is -0.399 e. The Morgan fingerprint density at radius 2 is 2.00 bits per heavy atom. The summed E-state index contributed by atoms with van der Waals surface area (Å²) in [6, 6.07) is 3.76. The molecule has 0 heterocycles. The molecular formula is C8H10FNO2S. The maximum absolute atomic E-state index is 12.7. The van der Waals surface area contributed by atoms with Crippen molar-refractivity contribution >= 4 is 15.5 Å². The van der Waals surface area contributed by atoms with Crippen LogP contribution in [0.2, 0.25) is 0 Å². The molecule has 0 spiro atoms. The van der Waals surface area contributed by atoms with Gasteiger partial charge in [-0.3, -0.25) is 0 Å². The van der Waals surface area contributed by atoms with Crippen molar-refractivity contribution in [3.63, 3.8) is 0 Å². The van der Waals surface area contributed by atoms with Crippen molar-refractivity contribution in [3.05, 3.63) is 29.6 Å². The Morgan fingerprint density at radius 3 is 2.46 bits per heavy atom. The van der Waals surface area contributed by atoms with Crippen LogP contribution in [0.5, 0.6) is 0 Å². The Labute approximate surface area is 76.3 Å². The first-order valence-electron chi connectivity index (χ1n) is 3.59. The lowest BCUT2D eigenvalue weighted by Gasteiger charge is -2.01. The van der Waals surface area contributed by atoms with E-state index in [2.05, 4.69) is 0 Å². The Bertz CT molecular complexity index is 394. The van der Waals surface area contributed by atoms with Gasteiger partial charge >= 0.3 is 0 Å². The van der Waals surface area contributed by atoms with Gasteiger partial charge in [0.05, 0.1) is 5.75 Å². The van der Waals surface area contributed by atoms with Crippen LogP contribution < -0.4 is 5.73 Å². The van der Waals surface area contributed by atoms with Crippen molar-refractivity contribution in [2.75, 3.05) is 12.0 Å². The summed E-state index contributed by atoms with van der Waals surface area (Å²) in [7, 11) is -3.13. The first-order chi connectivity index (χ1) is 5.87. The number of rotatable bonds is 2. The minimum atomic E-state index is -3.13. The van der Waals surface area contributed by atoms with Crippen molar-refractivity contribution < 1.29 is 12.8 Å². The molecule has 0 atom stereocenters. The van der Waals surface area contributed by atoms with Gasteiger partial charge in [0.25, 0.3) is 0 Å². The molecule has 1 aromatic rings. The number of nitrogens with two attached hydrogens (primary N) is 1. The Hall–Kier alpha value is -1.10. The van der Waals surface area contributed by atoms with Gasteiger partial charge in [-0.15, -0.1) is 0 Å². The molecular weight excluding hydrogens is 193 g/mol. The largest absolute Gasteiger partial charge is 0.399 e. The Morgan fingerprint density at radius 1 is 1.38 bits per heavy atom. The van der Waals surface area contributed by atoms with Crippen molar-refractivity contribution in [2.24, 2.45) is 0 Å². The number of halogens is 1. The standard InChI is InChI=1S/C8H10FNO2S/c1-13(11,12)5-6-2-7(9)4-8(10)3-6/h2-4H,5,10H2,1H3. The van der Waals surface area contributed by atoms with E-state index in [1.54, 1.807) is 0 Å². The molecule has 1 aromatic carbocycles. The summed E-state index contributed by atoms with van der Waals surface area (Å²) >= 11 is 0. The van der Waals surface area contributed by atoms with Crippen LogP contribution in [-0.4, -0.2) is 14.7 Å². The van der Waals surface area contributed by atoms with Gasteiger partial charge in [-0.2, -0.15) is 0 Å². The van der Waals surface area contributed by atoms with E-state index in [0.29, 0.717) is 5.56 Å². The number of hydrogen-bond donors (Lipinski definition) is 1. The molecule has 1 rings (SSSR count). The number of nitrogen functional groups attached to an aromatic ring is 1. The normalized spacial score (nSPS) is 11.5. The third-order valence-electron chi connectivity index (χ3n) is 1.41. The number of sulfone groups is 1. The summed E-state index contributed by atoms with van der Waals surface area (Å²) < 4.78 is 34.4. The number of hydrogen-bond acceptors (Lipinski definition) is 3. The molecule has 0 aliphatic heterocycles. The molecule has 72 valence electrons. The smallest absolute Gasteiger partial charge is 0.151 e. The Balaban J connectivity index is 3.03. The summed E-state index contributed by atoms with van der Waals surface area (Å²) in [5.74, 6) is -0.701. The average Bonchev–Trinajstić information content (AvgIpc) is 1.78. The lowest BCUT2D eigenvalue weighted by molar-refractivity contribution is 0.600. The minimum absolute atomic E-state index is 0.186. The van der Waals surface area contributed by atoms with Crippen LogP contribution in [0.4, 0.5) is 10.1 Å². The summed E-state index contributed by atoms with van der Waals surface area (Å²) in [6.07, 6.45) is 1.09. The van der Waals surface area contributed by atoms with Crippen molar-refractivity contribution in [1.29, 1.82) is 0 Å². The van der Waals surface area contributed by atoms with E-state index in [0.717, 1.165) is 18.4 Å². The molecule has 3 nitrogen and oxygen atoms in total. The highest BCUT2D eigenvalue weighted by molar-refractivity contribution is 7.89. The van der Waals surface area contributed by atoms with Gasteiger partial charge in [-0.25, -0.2) is 12.8 Å². The van der Waals surface area contributed by atoms with E-state index in [9.17, 15) is 12.8 Å². The molecule has 2 N–H and O–H groups in total. The maximum atomic E-state index is 12.7. The number of benzene rings is 1. The predicted molar refractivity (Wildman–Crippen MR) is 49.4 cm³/mol. The van der Waals surface area contributed by atoms with Crippen LogP contribution in [0, 0.1) is 5.82 Å². The topological polar surface area (TPSA) is 60.2 Å². The van der Waals surface area contributed by atoms with Crippen molar-refractivity contribution in [3.8, 4) is 0 Å². The summed E-state index contributed by atoms with van der Waals surface area (Å²) in [4.78, 5) is 0. The third-order valence-corrected chi connectivity index (χ3v) is 2.27. The first kappa shape index (κ1) is 9.98. The highest BCUT2D eigenvalue weighted by atomic mass is 32.2. The van der Waals surface area contributed by atoms with E-state index in [4.69, 9.17) is 5.73 Å². The quantitative estimate of drug-likeness (QED) is 0.728. The van der Waals surface area contributed by atoms with Gasteiger partial charge in [-0.1, -0.05) is 0 Å². The Kier molecular flexibility index (Phi) is 2.56. The second-order valence-corrected chi connectivity index (χ2v) is 5.10. The highest BCUT2D eigenvalue weighted by Gasteiger charge is 2.06. The zero-order chi connectivity index (χ0) is 10.1. The molecule has 0 saturated carbocycles. The maximum Gasteiger partial charge on any atom is 0.151 e. The van der Waals surface area contributed by atoms with Crippen LogP contribution in [-0.2, 0) is 15.6 Å². The van der Waals surface area contributed by atoms with Gasteiger partial charge in [0.15, 0.2) is 9.84 Å². The lowest BCUT2D eigenvalue weighted by atomic mass is 10.2. The molecule has 0 amide bonds. The van der Waals surface area contributed by atoms with E-state index >= 15 is 0 Å². The van der Waals surface area contributed by atoms with E-state index in [-0.39, 0.29) is 11.4 Å². The molecule has 13 heavy (non-hydrogen) atoms. The molecule has 0 saturated heterocycles. The summed E-state index contributed by atoms with van der Waals surface area (Å²) in [6.45, 7) is 0. The van der Waals surface area contributed by atoms with Gasteiger partial charge in [0, 0.05) is 11.9 Å². The molecule has 0 aromatic heterocycles. The molecule has 0 unspecified atom stereocenters. The summed E-state index contributed by atoms with van der Waals surface area (Å²) in [5.41, 5.74) is 5.95. The van der Waals surface area contributed by atoms with Crippen molar-refractivity contribution in [1.82, 2.24) is 0 Å². The first-order valence-corrected chi connectivity index (χ1v) is 5.65. The van der Waals surface area contributed by atoms with Crippen LogP contribution in [0.3, 0.4) is 0 Å². The molecule has 5 heteroatoms. The number of anilines is 1. The fourth-order valence-electron chi connectivity index (χ4n) is 1.06. The van der Waals surface area contributed by atoms with Gasteiger partial charge in [0.2, 0.25) is 0 Å². The fraction of sp³-hybridized carbons (Fsp3) is 0.250. The zero-order valence-corrected chi connectivity index (χ0v) is 7.94. The SMILES string of the molecule is CS(=O)(=O)Cc1cc(N)cc(F)c1. The molecule has 0 aliphatic carbocycles. The van der Waals surface area contributed by atoms with Gasteiger partial charge in [0.1, 0.15) is 5.82 Å². The predicted octanol–water partition coefficient (Wildman–Crippen LogP) is 0.953. The van der Waals surface area contributed by atoms with E-state index < -0.39 is 15.7 Å². The highest BCUT2D eigenvalue weighted by Crippen LogP contribution is 2.12. The van der Waals surface area contributed by atoms with E-state index in [1.165, 1.54) is 6.07 Å². The summed E-state index contributed by atoms with van der Waals surface area (Å²) in [5, 5.41) is 0.